The number of guanidine groups is 1. The van der Waals surface area contributed by atoms with E-state index >= 15 is 0 Å². The number of nitrogens with zero attached hydrogens (tertiary/aromatic N) is 2. The molecule has 0 unspecified atom stereocenters. The van der Waals surface area contributed by atoms with E-state index in [1.54, 1.807) is 24.3 Å². The normalized spacial score (nSPS) is 12.0. The lowest BCUT2D eigenvalue weighted by molar-refractivity contribution is -0.140. The number of benzene rings is 1. The topological polar surface area (TPSA) is 78.4 Å². The van der Waals surface area contributed by atoms with E-state index in [-0.39, 0.29) is 17.5 Å². The fraction of sp³-hybridized carbons (Fsp3) is 0.312. The molecule has 0 bridgehead atoms. The molecule has 0 spiro atoms. The summed E-state index contributed by atoms with van der Waals surface area (Å²) >= 11 is 6.87. The van der Waals surface area contributed by atoms with Gasteiger partial charge in [-0.3, -0.25) is 9.79 Å². The summed E-state index contributed by atoms with van der Waals surface area (Å²) in [5.74, 6) is 0.0820. The van der Waals surface area contributed by atoms with Crippen molar-refractivity contribution < 1.29 is 18.0 Å². The van der Waals surface area contributed by atoms with Crippen LogP contribution in [0.15, 0.2) is 34.6 Å². The lowest BCUT2D eigenvalue weighted by atomic mass is 10.2. The summed E-state index contributed by atoms with van der Waals surface area (Å²) in [6.07, 6.45) is -4.45. The molecule has 0 aliphatic rings. The van der Waals surface area contributed by atoms with Crippen molar-refractivity contribution in [2.75, 3.05) is 20.1 Å². The van der Waals surface area contributed by atoms with Gasteiger partial charge in [-0.2, -0.15) is 13.2 Å². The van der Waals surface area contributed by atoms with Gasteiger partial charge in [0.1, 0.15) is 5.01 Å². The second-order valence-corrected chi connectivity index (χ2v) is 6.56. The van der Waals surface area contributed by atoms with Gasteiger partial charge in [0.2, 0.25) is 0 Å². The molecule has 1 aromatic heterocycles. The van der Waals surface area contributed by atoms with Crippen molar-refractivity contribution in [3.8, 4) is 0 Å². The second-order valence-electron chi connectivity index (χ2n) is 5.21. The Morgan fingerprint density at radius 3 is 2.56 bits per heavy atom. The van der Waals surface area contributed by atoms with Crippen molar-refractivity contribution in [1.82, 2.24) is 20.9 Å². The van der Waals surface area contributed by atoms with E-state index in [2.05, 4.69) is 25.9 Å². The molecule has 0 fully saturated rings. The molecule has 146 valence electrons. The number of amides is 1. The third-order valence-electron chi connectivity index (χ3n) is 3.29. The molecular formula is C16H17ClF3N5OS. The van der Waals surface area contributed by atoms with Crippen LogP contribution in [0.3, 0.4) is 0 Å². The largest absolute Gasteiger partial charge is 0.434 e. The number of aromatic nitrogens is 1. The summed E-state index contributed by atoms with van der Waals surface area (Å²) in [6.45, 7) is 0.772. The van der Waals surface area contributed by atoms with Crippen LogP contribution in [0.4, 0.5) is 13.2 Å². The molecule has 1 heterocycles. The Kier molecular flexibility index (Phi) is 7.43. The smallest absolute Gasteiger partial charge is 0.355 e. The van der Waals surface area contributed by atoms with Crippen molar-refractivity contribution in [3.63, 3.8) is 0 Å². The first-order chi connectivity index (χ1) is 12.8. The van der Waals surface area contributed by atoms with E-state index < -0.39 is 11.9 Å². The van der Waals surface area contributed by atoms with Crippen LogP contribution in [0.5, 0.6) is 0 Å². The van der Waals surface area contributed by atoms with Gasteiger partial charge in [0, 0.05) is 25.5 Å². The van der Waals surface area contributed by atoms with Gasteiger partial charge in [0.25, 0.3) is 5.91 Å². The molecule has 0 radical (unpaired) electrons. The van der Waals surface area contributed by atoms with E-state index in [1.807, 2.05) is 0 Å². The molecule has 1 amide bonds. The highest BCUT2D eigenvalue weighted by molar-refractivity contribution is 7.09. The number of thiazole rings is 1. The maximum Gasteiger partial charge on any atom is 0.434 e. The standard InChI is InChI=1S/C16H17ClF3N5OS/c1-21-15(24-8-13-25-12(9-27-13)16(18,19)20)23-7-6-22-14(26)10-4-2-3-5-11(10)17/h2-5,9H,6-8H2,1H3,(H,22,26)(H2,21,23,24). The first kappa shape index (κ1) is 21.0. The Morgan fingerprint density at radius 2 is 1.93 bits per heavy atom. The van der Waals surface area contributed by atoms with Crippen LogP contribution in [0.25, 0.3) is 0 Å². The van der Waals surface area contributed by atoms with Crippen LogP contribution in [-0.4, -0.2) is 37.0 Å². The Hall–Kier alpha value is -2.33. The van der Waals surface area contributed by atoms with Crippen LogP contribution >= 0.6 is 22.9 Å². The van der Waals surface area contributed by atoms with Gasteiger partial charge in [-0.25, -0.2) is 4.98 Å². The first-order valence-corrected chi connectivity index (χ1v) is 9.06. The van der Waals surface area contributed by atoms with Crippen LogP contribution in [0.1, 0.15) is 21.1 Å². The molecule has 6 nitrogen and oxygen atoms in total. The minimum absolute atomic E-state index is 0.104. The average Bonchev–Trinajstić information content (AvgIpc) is 3.11. The number of alkyl halides is 3. The van der Waals surface area contributed by atoms with Crippen molar-refractivity contribution in [2.24, 2.45) is 4.99 Å². The summed E-state index contributed by atoms with van der Waals surface area (Å²) in [7, 11) is 1.53. The fourth-order valence-electron chi connectivity index (χ4n) is 2.00. The summed E-state index contributed by atoms with van der Waals surface area (Å²) in [6, 6.07) is 6.70. The summed E-state index contributed by atoms with van der Waals surface area (Å²) in [5.41, 5.74) is -0.527. The van der Waals surface area contributed by atoms with E-state index in [4.69, 9.17) is 11.6 Å². The predicted octanol–water partition coefficient (Wildman–Crippen LogP) is 2.91. The lowest BCUT2D eigenvalue weighted by Crippen LogP contribution is -2.41. The maximum atomic E-state index is 12.5. The Balaban J connectivity index is 1.74. The van der Waals surface area contributed by atoms with Crippen molar-refractivity contribution in [3.05, 3.63) is 50.9 Å². The molecule has 0 aliphatic carbocycles. The molecule has 3 N–H and O–H groups in total. The lowest BCUT2D eigenvalue weighted by Gasteiger charge is -2.12. The zero-order valence-electron chi connectivity index (χ0n) is 14.2. The molecule has 11 heteroatoms. The Labute approximate surface area is 162 Å². The molecule has 0 saturated carbocycles. The van der Waals surface area contributed by atoms with Gasteiger partial charge in [-0.15, -0.1) is 11.3 Å². The van der Waals surface area contributed by atoms with E-state index in [0.29, 0.717) is 29.6 Å². The number of rotatable bonds is 6. The predicted molar refractivity (Wildman–Crippen MR) is 99.1 cm³/mol. The Bertz CT molecular complexity index is 809. The van der Waals surface area contributed by atoms with Gasteiger partial charge in [0.15, 0.2) is 11.7 Å². The van der Waals surface area contributed by atoms with Gasteiger partial charge in [0.05, 0.1) is 17.1 Å². The monoisotopic (exact) mass is 419 g/mol. The number of hydrogen-bond acceptors (Lipinski definition) is 4. The third kappa shape index (κ3) is 6.40. The summed E-state index contributed by atoms with van der Waals surface area (Å²) in [5, 5.41) is 10.1. The molecule has 0 aliphatic heterocycles. The van der Waals surface area contributed by atoms with Gasteiger partial charge < -0.3 is 16.0 Å². The zero-order valence-corrected chi connectivity index (χ0v) is 15.8. The molecule has 2 aromatic rings. The van der Waals surface area contributed by atoms with Gasteiger partial charge in [-0.1, -0.05) is 23.7 Å². The number of hydrogen-bond donors (Lipinski definition) is 3. The highest BCUT2D eigenvalue weighted by Crippen LogP contribution is 2.29. The molecule has 2 rings (SSSR count). The second kappa shape index (κ2) is 9.56. The van der Waals surface area contributed by atoms with Crippen LogP contribution in [-0.2, 0) is 12.7 Å². The molecular weight excluding hydrogens is 403 g/mol. The minimum Gasteiger partial charge on any atom is -0.355 e. The molecule has 1 aromatic carbocycles. The SMILES string of the molecule is CN=C(NCCNC(=O)c1ccccc1Cl)NCc1nc(C(F)(F)F)cs1. The molecule has 0 atom stereocenters. The van der Waals surface area contributed by atoms with Gasteiger partial charge >= 0.3 is 6.18 Å². The van der Waals surface area contributed by atoms with E-state index in [1.165, 1.54) is 7.05 Å². The van der Waals surface area contributed by atoms with Crippen LogP contribution < -0.4 is 16.0 Å². The molecule has 27 heavy (non-hydrogen) atoms. The average molecular weight is 420 g/mol. The first-order valence-electron chi connectivity index (χ1n) is 7.80. The number of aliphatic imine (C=N–C) groups is 1. The third-order valence-corrected chi connectivity index (χ3v) is 4.47. The van der Waals surface area contributed by atoms with Crippen molar-refractivity contribution in [2.45, 2.75) is 12.7 Å². The number of nitrogens with one attached hydrogen (secondary N) is 3. The maximum absolute atomic E-state index is 12.5. The van der Waals surface area contributed by atoms with Crippen LogP contribution in [0.2, 0.25) is 5.02 Å². The number of halogens is 4. The highest BCUT2D eigenvalue weighted by atomic mass is 35.5. The number of carbonyl (C=O) groups excluding carboxylic acids is 1. The van der Waals surface area contributed by atoms with Crippen molar-refractivity contribution >= 4 is 34.8 Å². The van der Waals surface area contributed by atoms with Gasteiger partial charge in [-0.05, 0) is 12.1 Å². The Morgan fingerprint density at radius 1 is 1.22 bits per heavy atom. The summed E-state index contributed by atoms with van der Waals surface area (Å²) in [4.78, 5) is 19.5. The van der Waals surface area contributed by atoms with E-state index in [0.717, 1.165) is 16.7 Å². The minimum atomic E-state index is -4.45. The molecule has 0 saturated heterocycles. The summed E-state index contributed by atoms with van der Waals surface area (Å²) < 4.78 is 37.6. The zero-order chi connectivity index (χ0) is 19.9. The van der Waals surface area contributed by atoms with Crippen LogP contribution in [0, 0.1) is 0 Å². The fourth-order valence-corrected chi connectivity index (χ4v) is 2.96. The quantitative estimate of drug-likeness (QED) is 0.382. The highest BCUT2D eigenvalue weighted by Gasteiger charge is 2.33. The number of carbonyl (C=O) groups is 1. The van der Waals surface area contributed by atoms with E-state index in [9.17, 15) is 18.0 Å². The van der Waals surface area contributed by atoms with Crippen molar-refractivity contribution in [1.29, 1.82) is 0 Å².